The number of carbonyl (C=O) groups is 1. The Morgan fingerprint density at radius 1 is 1.39 bits per heavy atom. The summed E-state index contributed by atoms with van der Waals surface area (Å²) in [5, 5.41) is 11.3. The summed E-state index contributed by atoms with van der Waals surface area (Å²) in [6.45, 7) is 6.02. The van der Waals surface area contributed by atoms with Crippen LogP contribution in [-0.2, 0) is 11.2 Å². The molecule has 0 radical (unpaired) electrons. The van der Waals surface area contributed by atoms with Gasteiger partial charge < -0.3 is 14.5 Å². The van der Waals surface area contributed by atoms with Crippen LogP contribution in [0.25, 0.3) is 11.0 Å². The van der Waals surface area contributed by atoms with Gasteiger partial charge in [-0.15, -0.1) is 0 Å². The van der Waals surface area contributed by atoms with Crippen molar-refractivity contribution in [1.29, 1.82) is 0 Å². The number of para-hydroxylation sites is 1. The van der Waals surface area contributed by atoms with E-state index < -0.39 is 5.60 Å². The zero-order valence-corrected chi connectivity index (χ0v) is 16.2. The number of nitrogens with one attached hydrogen (secondary N) is 1. The Bertz CT molecular complexity index is 977. The van der Waals surface area contributed by atoms with Crippen molar-refractivity contribution in [2.24, 2.45) is 0 Å². The first-order chi connectivity index (χ1) is 13.5. The van der Waals surface area contributed by atoms with Crippen molar-refractivity contribution in [3.63, 3.8) is 0 Å². The highest BCUT2D eigenvalue weighted by molar-refractivity contribution is 5.95. The molecule has 1 aliphatic rings. The minimum atomic E-state index is -0.797. The van der Waals surface area contributed by atoms with E-state index in [0.717, 1.165) is 34.5 Å². The van der Waals surface area contributed by atoms with E-state index in [2.05, 4.69) is 29.5 Å². The first-order valence-electron chi connectivity index (χ1n) is 9.89. The molecule has 1 saturated carbocycles. The van der Waals surface area contributed by atoms with Crippen LogP contribution >= 0.6 is 0 Å². The van der Waals surface area contributed by atoms with Gasteiger partial charge in [-0.25, -0.2) is 4.98 Å². The largest absolute Gasteiger partial charge is 0.460 e. The second kappa shape index (κ2) is 7.40. The molecule has 0 bridgehead atoms. The van der Waals surface area contributed by atoms with Gasteiger partial charge in [-0.1, -0.05) is 24.8 Å². The van der Waals surface area contributed by atoms with E-state index in [0.29, 0.717) is 31.3 Å². The molecule has 5 nitrogen and oxygen atoms in total. The SMILES string of the molecule is C=C(CCc1[nH]cnc1[C@H](C)c1cc2ccccc2o1)C(=O)CC1(O)CCC1. The summed E-state index contributed by atoms with van der Waals surface area (Å²) in [5.41, 5.74) is 2.56. The lowest BCUT2D eigenvalue weighted by Gasteiger charge is -2.36. The molecule has 0 unspecified atom stereocenters. The number of rotatable bonds is 8. The fraction of sp³-hybridized carbons (Fsp3) is 0.391. The molecule has 3 aromatic rings. The number of carbonyl (C=O) groups excluding carboxylic acids is 1. The van der Waals surface area contributed by atoms with E-state index in [1.807, 2.05) is 24.3 Å². The lowest BCUT2D eigenvalue weighted by Crippen LogP contribution is -2.39. The van der Waals surface area contributed by atoms with Crippen molar-refractivity contribution in [2.75, 3.05) is 0 Å². The maximum Gasteiger partial charge on any atom is 0.161 e. The topological polar surface area (TPSA) is 79.1 Å². The van der Waals surface area contributed by atoms with Gasteiger partial charge >= 0.3 is 0 Å². The number of hydrogen-bond donors (Lipinski definition) is 2. The Morgan fingerprint density at radius 3 is 2.89 bits per heavy atom. The number of aromatic nitrogens is 2. The third kappa shape index (κ3) is 3.67. The molecule has 0 saturated heterocycles. The first-order valence-corrected chi connectivity index (χ1v) is 9.89. The van der Waals surface area contributed by atoms with Crippen LogP contribution in [0.15, 0.2) is 53.2 Å². The number of aliphatic hydroxyl groups is 1. The number of H-pyrrole nitrogens is 1. The van der Waals surface area contributed by atoms with E-state index in [-0.39, 0.29) is 18.1 Å². The second-order valence-corrected chi connectivity index (χ2v) is 7.96. The maximum atomic E-state index is 12.4. The molecule has 2 aromatic heterocycles. The van der Waals surface area contributed by atoms with Crippen molar-refractivity contribution in [3.8, 4) is 0 Å². The number of fused-ring (bicyclic) bond motifs is 1. The number of Topliss-reactive ketones (excluding diaryl/α,β-unsaturated/α-hetero) is 1. The summed E-state index contributed by atoms with van der Waals surface area (Å²) in [6, 6.07) is 10.0. The van der Waals surface area contributed by atoms with Crippen molar-refractivity contribution >= 4 is 16.8 Å². The molecule has 0 aliphatic heterocycles. The third-order valence-corrected chi connectivity index (χ3v) is 5.88. The fourth-order valence-corrected chi connectivity index (χ4v) is 3.86. The molecular weight excluding hydrogens is 352 g/mol. The highest BCUT2D eigenvalue weighted by Crippen LogP contribution is 2.36. The zero-order chi connectivity index (χ0) is 19.7. The molecule has 0 spiro atoms. The van der Waals surface area contributed by atoms with Gasteiger partial charge in [-0.2, -0.15) is 0 Å². The lowest BCUT2D eigenvalue weighted by molar-refractivity contribution is -0.124. The number of imidazole rings is 1. The normalized spacial score (nSPS) is 16.6. The number of aryl methyl sites for hydroxylation is 1. The molecule has 1 atom stereocenters. The van der Waals surface area contributed by atoms with Gasteiger partial charge in [0.05, 0.1) is 23.5 Å². The quantitative estimate of drug-likeness (QED) is 0.558. The van der Waals surface area contributed by atoms with Crippen molar-refractivity contribution in [2.45, 2.75) is 57.0 Å². The summed E-state index contributed by atoms with van der Waals surface area (Å²) >= 11 is 0. The molecule has 0 amide bonds. The van der Waals surface area contributed by atoms with Crippen LogP contribution in [0.1, 0.15) is 62.1 Å². The first kappa shape index (κ1) is 18.7. The Morgan fingerprint density at radius 2 is 2.18 bits per heavy atom. The van der Waals surface area contributed by atoms with E-state index >= 15 is 0 Å². The van der Waals surface area contributed by atoms with Crippen molar-refractivity contribution in [1.82, 2.24) is 9.97 Å². The van der Waals surface area contributed by atoms with Gasteiger partial charge in [0.2, 0.25) is 0 Å². The zero-order valence-electron chi connectivity index (χ0n) is 16.2. The molecule has 1 aromatic carbocycles. The standard InChI is InChI=1S/C23H26N2O3/c1-15(19(26)13-23(27)10-5-11-23)8-9-18-22(25-14-24-18)16(2)21-12-17-6-3-4-7-20(17)28-21/h3-4,6-7,12,14,16,27H,1,5,8-11,13H2,2H3,(H,24,25)/t16-/m1/s1. The van der Waals surface area contributed by atoms with Crippen LogP contribution in [0.2, 0.25) is 0 Å². The Hall–Kier alpha value is -2.66. The molecular formula is C23H26N2O3. The molecule has 146 valence electrons. The van der Waals surface area contributed by atoms with Crippen molar-refractivity contribution < 1.29 is 14.3 Å². The molecule has 2 heterocycles. The molecule has 4 rings (SSSR count). The number of furan rings is 1. The smallest absolute Gasteiger partial charge is 0.161 e. The predicted octanol–water partition coefficient (Wildman–Crippen LogP) is 4.67. The van der Waals surface area contributed by atoms with E-state index in [9.17, 15) is 9.90 Å². The summed E-state index contributed by atoms with van der Waals surface area (Å²) in [6.07, 6.45) is 5.51. The number of benzene rings is 1. The summed E-state index contributed by atoms with van der Waals surface area (Å²) in [4.78, 5) is 20.0. The average molecular weight is 378 g/mol. The van der Waals surface area contributed by atoms with Crippen LogP contribution in [-0.4, -0.2) is 26.5 Å². The van der Waals surface area contributed by atoms with E-state index in [4.69, 9.17) is 4.42 Å². The van der Waals surface area contributed by atoms with Crippen LogP contribution < -0.4 is 0 Å². The van der Waals surface area contributed by atoms with Gasteiger partial charge in [0.15, 0.2) is 5.78 Å². The van der Waals surface area contributed by atoms with Crippen LogP contribution in [0, 0.1) is 0 Å². The summed E-state index contributed by atoms with van der Waals surface area (Å²) in [5.74, 6) is 0.846. The summed E-state index contributed by atoms with van der Waals surface area (Å²) in [7, 11) is 0. The fourth-order valence-electron chi connectivity index (χ4n) is 3.86. The number of allylic oxidation sites excluding steroid dienone is 1. The monoisotopic (exact) mass is 378 g/mol. The summed E-state index contributed by atoms with van der Waals surface area (Å²) < 4.78 is 5.99. The van der Waals surface area contributed by atoms with E-state index in [1.165, 1.54) is 0 Å². The Labute approximate surface area is 164 Å². The van der Waals surface area contributed by atoms with Crippen molar-refractivity contribution in [3.05, 3.63) is 66.0 Å². The highest BCUT2D eigenvalue weighted by Gasteiger charge is 2.36. The van der Waals surface area contributed by atoms with Gasteiger partial charge in [0.25, 0.3) is 0 Å². The molecule has 1 aliphatic carbocycles. The number of aromatic amines is 1. The maximum absolute atomic E-state index is 12.4. The van der Waals surface area contributed by atoms with Crippen LogP contribution in [0.4, 0.5) is 0 Å². The van der Waals surface area contributed by atoms with Gasteiger partial charge in [-0.3, -0.25) is 4.79 Å². The molecule has 28 heavy (non-hydrogen) atoms. The second-order valence-electron chi connectivity index (χ2n) is 7.96. The van der Waals surface area contributed by atoms with Crippen LogP contribution in [0.5, 0.6) is 0 Å². The molecule has 5 heteroatoms. The molecule has 2 N–H and O–H groups in total. The number of nitrogens with zero attached hydrogens (tertiary/aromatic N) is 1. The van der Waals surface area contributed by atoms with Gasteiger partial charge in [-0.05, 0) is 56.7 Å². The minimum Gasteiger partial charge on any atom is -0.460 e. The Kier molecular flexibility index (Phi) is 4.94. The number of hydrogen-bond acceptors (Lipinski definition) is 4. The minimum absolute atomic E-state index is 0.00769. The highest BCUT2D eigenvalue weighted by atomic mass is 16.3. The Balaban J connectivity index is 1.42. The van der Waals surface area contributed by atoms with Crippen LogP contribution in [0.3, 0.4) is 0 Å². The lowest BCUT2D eigenvalue weighted by atomic mass is 9.76. The third-order valence-electron chi connectivity index (χ3n) is 5.88. The van der Waals surface area contributed by atoms with Gasteiger partial charge in [0.1, 0.15) is 11.3 Å². The van der Waals surface area contributed by atoms with Gasteiger partial charge in [0, 0.05) is 17.5 Å². The number of ketones is 1. The predicted molar refractivity (Wildman–Crippen MR) is 108 cm³/mol. The molecule has 1 fully saturated rings. The average Bonchev–Trinajstić information content (AvgIpc) is 3.30. The van der Waals surface area contributed by atoms with E-state index in [1.54, 1.807) is 6.33 Å².